The molecular formula is C24H30F3N3O3. The number of alkyl halides is 3. The number of halogens is 3. The van der Waals surface area contributed by atoms with Crippen molar-refractivity contribution in [2.75, 3.05) is 19.7 Å². The summed E-state index contributed by atoms with van der Waals surface area (Å²) in [5.41, 5.74) is 5.40. The summed E-state index contributed by atoms with van der Waals surface area (Å²) in [4.78, 5) is 20.6. The van der Waals surface area contributed by atoms with E-state index in [1.165, 1.54) is 22.4 Å². The van der Waals surface area contributed by atoms with Crippen LogP contribution in [-0.4, -0.2) is 51.8 Å². The largest absolute Gasteiger partial charge is 0.490 e. The Morgan fingerprint density at radius 3 is 2.42 bits per heavy atom. The number of nitrogens with zero attached hydrogens (tertiary/aromatic N) is 3. The standard InChI is InChI=1S/C22H29N3O.C2HF3O2/c1-16-23-11-18-13-26-15-22(20(18)24-16)9-10-25(14-22)12-17-5-7-19(8-6-17)21(2,3)4;3-2(4,5)1(6)7/h5-8,11H,9-10,12-15H2,1-4H3;(H,6,7). The highest BCUT2D eigenvalue weighted by atomic mass is 19.4. The minimum Gasteiger partial charge on any atom is -0.475 e. The Hall–Kier alpha value is -2.52. The second-order valence-electron chi connectivity index (χ2n) is 9.77. The number of aromatic nitrogens is 2. The number of likely N-dealkylation sites (tertiary alicyclic amines) is 1. The molecule has 1 N–H and O–H groups in total. The molecule has 4 rings (SSSR count). The number of aliphatic carboxylic acids is 1. The first-order chi connectivity index (χ1) is 15.3. The number of rotatable bonds is 2. The van der Waals surface area contributed by atoms with Crippen LogP contribution in [0.4, 0.5) is 13.2 Å². The molecule has 2 aromatic rings. The van der Waals surface area contributed by atoms with Crippen LogP contribution in [0.3, 0.4) is 0 Å². The highest BCUT2D eigenvalue weighted by Gasteiger charge is 2.44. The molecule has 0 amide bonds. The fourth-order valence-electron chi connectivity index (χ4n) is 4.26. The first kappa shape index (κ1) is 25.1. The number of aryl methyl sites for hydroxylation is 1. The first-order valence-electron chi connectivity index (χ1n) is 10.8. The first-order valence-corrected chi connectivity index (χ1v) is 10.8. The predicted octanol–water partition coefficient (Wildman–Crippen LogP) is 4.39. The van der Waals surface area contributed by atoms with E-state index in [0.29, 0.717) is 6.61 Å². The molecule has 0 saturated carbocycles. The van der Waals surface area contributed by atoms with E-state index in [2.05, 4.69) is 54.9 Å². The molecule has 1 atom stereocenters. The summed E-state index contributed by atoms with van der Waals surface area (Å²) in [6, 6.07) is 9.11. The van der Waals surface area contributed by atoms with E-state index >= 15 is 0 Å². The van der Waals surface area contributed by atoms with Gasteiger partial charge in [-0.2, -0.15) is 13.2 Å². The van der Waals surface area contributed by atoms with Crippen LogP contribution < -0.4 is 0 Å². The van der Waals surface area contributed by atoms with E-state index in [-0.39, 0.29) is 10.8 Å². The van der Waals surface area contributed by atoms with E-state index in [0.717, 1.165) is 38.5 Å². The summed E-state index contributed by atoms with van der Waals surface area (Å²) in [7, 11) is 0. The van der Waals surface area contributed by atoms with Gasteiger partial charge in [0.05, 0.1) is 24.3 Å². The lowest BCUT2D eigenvalue weighted by Crippen LogP contribution is -2.40. The third-order valence-corrected chi connectivity index (χ3v) is 6.02. The molecule has 0 radical (unpaired) electrons. The van der Waals surface area contributed by atoms with Gasteiger partial charge in [-0.05, 0) is 36.4 Å². The van der Waals surface area contributed by atoms with Crippen molar-refractivity contribution in [1.29, 1.82) is 0 Å². The summed E-state index contributed by atoms with van der Waals surface area (Å²) in [6.45, 7) is 13.3. The number of hydrogen-bond acceptors (Lipinski definition) is 5. The fraction of sp³-hybridized carbons (Fsp3) is 0.542. The topological polar surface area (TPSA) is 75.5 Å². The van der Waals surface area contributed by atoms with Crippen molar-refractivity contribution in [1.82, 2.24) is 14.9 Å². The van der Waals surface area contributed by atoms with Crippen LogP contribution in [0, 0.1) is 6.92 Å². The van der Waals surface area contributed by atoms with E-state index in [1.807, 2.05) is 13.1 Å². The van der Waals surface area contributed by atoms with Crippen LogP contribution in [0.2, 0.25) is 0 Å². The molecule has 2 aliphatic heterocycles. The molecule has 1 aromatic heterocycles. The van der Waals surface area contributed by atoms with Gasteiger partial charge in [0, 0.05) is 24.8 Å². The lowest BCUT2D eigenvalue weighted by atomic mass is 9.80. The normalized spacial score (nSPS) is 20.8. The van der Waals surface area contributed by atoms with Crippen LogP contribution in [0.1, 0.15) is 55.4 Å². The molecule has 0 aliphatic carbocycles. The molecule has 1 unspecified atom stereocenters. The maximum atomic E-state index is 10.6. The van der Waals surface area contributed by atoms with E-state index in [1.54, 1.807) is 0 Å². The Balaban J connectivity index is 0.000000383. The summed E-state index contributed by atoms with van der Waals surface area (Å²) in [5, 5.41) is 7.12. The highest BCUT2D eigenvalue weighted by Crippen LogP contribution is 2.39. The van der Waals surface area contributed by atoms with Gasteiger partial charge in [0.25, 0.3) is 0 Å². The summed E-state index contributed by atoms with van der Waals surface area (Å²) in [5.74, 6) is -1.89. The van der Waals surface area contributed by atoms with Crippen molar-refractivity contribution in [2.45, 2.75) is 64.3 Å². The van der Waals surface area contributed by atoms with Crippen molar-refractivity contribution in [3.8, 4) is 0 Å². The predicted molar refractivity (Wildman–Crippen MR) is 117 cm³/mol. The van der Waals surface area contributed by atoms with Gasteiger partial charge in [-0.15, -0.1) is 0 Å². The van der Waals surface area contributed by atoms with Crippen molar-refractivity contribution in [3.05, 3.63) is 58.7 Å². The highest BCUT2D eigenvalue weighted by molar-refractivity contribution is 5.73. The number of carboxylic acids is 1. The SMILES string of the molecule is Cc1ncc2c(n1)C1(CCN(Cc3ccc(C(C)(C)C)cc3)C1)COC2.O=C(O)C(F)(F)F. The number of ether oxygens (including phenoxy) is 1. The Morgan fingerprint density at radius 2 is 1.85 bits per heavy atom. The van der Waals surface area contributed by atoms with Crippen molar-refractivity contribution in [3.63, 3.8) is 0 Å². The van der Waals surface area contributed by atoms with Gasteiger partial charge in [0.15, 0.2) is 0 Å². The molecule has 1 fully saturated rings. The number of carbonyl (C=O) groups is 1. The van der Waals surface area contributed by atoms with E-state index in [4.69, 9.17) is 19.6 Å². The summed E-state index contributed by atoms with van der Waals surface area (Å²) in [6.07, 6.45) is -2.02. The van der Waals surface area contributed by atoms with Gasteiger partial charge in [0.1, 0.15) is 5.82 Å². The quantitative estimate of drug-likeness (QED) is 0.709. The third kappa shape index (κ3) is 6.09. The lowest BCUT2D eigenvalue weighted by Gasteiger charge is -2.34. The zero-order chi connectivity index (χ0) is 24.4. The van der Waals surface area contributed by atoms with Gasteiger partial charge >= 0.3 is 12.1 Å². The maximum Gasteiger partial charge on any atom is 0.490 e. The van der Waals surface area contributed by atoms with Crippen LogP contribution in [0.5, 0.6) is 0 Å². The molecular weight excluding hydrogens is 435 g/mol. The Kier molecular flexibility index (Phi) is 7.14. The van der Waals surface area contributed by atoms with Crippen LogP contribution in [0.25, 0.3) is 0 Å². The molecule has 1 aromatic carbocycles. The number of fused-ring (bicyclic) bond motifs is 2. The Morgan fingerprint density at radius 1 is 1.21 bits per heavy atom. The molecule has 6 nitrogen and oxygen atoms in total. The van der Waals surface area contributed by atoms with Crippen molar-refractivity contribution >= 4 is 5.97 Å². The lowest BCUT2D eigenvalue weighted by molar-refractivity contribution is -0.192. The second kappa shape index (κ2) is 9.38. The zero-order valence-corrected chi connectivity index (χ0v) is 19.4. The van der Waals surface area contributed by atoms with Crippen LogP contribution in [-0.2, 0) is 33.5 Å². The maximum absolute atomic E-state index is 10.6. The summed E-state index contributed by atoms with van der Waals surface area (Å²) < 4.78 is 37.7. The molecule has 3 heterocycles. The number of benzene rings is 1. The van der Waals surface area contributed by atoms with E-state index < -0.39 is 12.1 Å². The molecule has 9 heteroatoms. The van der Waals surface area contributed by atoms with Gasteiger partial charge in [-0.25, -0.2) is 14.8 Å². The van der Waals surface area contributed by atoms with Gasteiger partial charge in [-0.3, -0.25) is 4.90 Å². The van der Waals surface area contributed by atoms with Crippen LogP contribution >= 0.6 is 0 Å². The van der Waals surface area contributed by atoms with Gasteiger partial charge in [-0.1, -0.05) is 45.0 Å². The molecule has 1 spiro atoms. The smallest absolute Gasteiger partial charge is 0.475 e. The van der Waals surface area contributed by atoms with Crippen LogP contribution in [0.15, 0.2) is 30.5 Å². The molecule has 33 heavy (non-hydrogen) atoms. The van der Waals surface area contributed by atoms with E-state index in [9.17, 15) is 13.2 Å². The zero-order valence-electron chi connectivity index (χ0n) is 19.4. The minimum atomic E-state index is -5.08. The Bertz CT molecular complexity index is 987. The summed E-state index contributed by atoms with van der Waals surface area (Å²) >= 11 is 0. The van der Waals surface area contributed by atoms with Gasteiger partial charge < -0.3 is 9.84 Å². The monoisotopic (exact) mass is 465 g/mol. The second-order valence-corrected chi connectivity index (χ2v) is 9.77. The van der Waals surface area contributed by atoms with Crippen molar-refractivity contribution < 1.29 is 27.8 Å². The number of carboxylic acid groups (broad SMARTS) is 1. The molecule has 0 bridgehead atoms. The third-order valence-electron chi connectivity index (χ3n) is 6.02. The Labute approximate surface area is 191 Å². The van der Waals surface area contributed by atoms with Crippen molar-refractivity contribution in [2.24, 2.45) is 0 Å². The van der Waals surface area contributed by atoms with Gasteiger partial charge in [0.2, 0.25) is 0 Å². The number of hydrogen-bond donors (Lipinski definition) is 1. The average Bonchev–Trinajstić information content (AvgIpc) is 3.11. The average molecular weight is 466 g/mol. The molecule has 1 saturated heterocycles. The molecule has 180 valence electrons. The fourth-order valence-corrected chi connectivity index (χ4v) is 4.26. The molecule has 2 aliphatic rings. The minimum absolute atomic E-state index is 0.0344.